The maximum Gasteiger partial charge on any atom is 0.292 e. The fourth-order valence-electron chi connectivity index (χ4n) is 3.86. The van der Waals surface area contributed by atoms with E-state index in [1.54, 1.807) is 42.6 Å². The zero-order valence-corrected chi connectivity index (χ0v) is 21.8. The minimum Gasteiger partial charge on any atom is -0.493 e. The van der Waals surface area contributed by atoms with Crippen molar-refractivity contribution in [1.82, 2.24) is 14.7 Å². The Morgan fingerprint density at radius 3 is 2.44 bits per heavy atom. The third kappa shape index (κ3) is 5.18. The highest BCUT2D eigenvalue weighted by Gasteiger charge is 2.24. The molecule has 1 aliphatic rings. The molecule has 0 atom stereocenters. The average Bonchev–Trinajstić information content (AvgIpc) is 2.90. The van der Waals surface area contributed by atoms with Crippen LogP contribution < -0.4 is 25.2 Å². The second-order valence-corrected chi connectivity index (χ2v) is 9.01. The Morgan fingerprint density at radius 2 is 1.81 bits per heavy atom. The van der Waals surface area contributed by atoms with Crippen LogP contribution in [0.5, 0.6) is 11.5 Å². The summed E-state index contributed by atoms with van der Waals surface area (Å²) in [5.74, 6) is 0.947. The molecule has 0 unspecified atom stereocenters. The van der Waals surface area contributed by atoms with Crippen molar-refractivity contribution in [3.63, 3.8) is 0 Å². The second kappa shape index (κ2) is 11.0. The molecule has 0 bridgehead atoms. The highest BCUT2D eigenvalue weighted by Crippen LogP contribution is 2.33. The molecule has 1 N–H and O–H groups in total. The molecular weight excluding hydrogens is 523 g/mol. The van der Waals surface area contributed by atoms with E-state index >= 15 is 0 Å². The van der Waals surface area contributed by atoms with Gasteiger partial charge >= 0.3 is 0 Å². The van der Waals surface area contributed by atoms with Crippen LogP contribution in [0.1, 0.15) is 5.56 Å². The SMILES string of the molecule is COc1cc(C#N)c(NC(=S)N2CCN(c3cnn(-c4cccc(Cl)c4)c(=O)c3Cl)CC2)cc1OC. The number of nitrogens with one attached hydrogen (secondary N) is 1. The van der Waals surface area contributed by atoms with Crippen LogP contribution in [0.25, 0.3) is 5.69 Å². The number of hydrogen-bond donors (Lipinski definition) is 1. The first-order valence-corrected chi connectivity index (χ1v) is 12.0. The Hall–Kier alpha value is -3.52. The number of piperazine rings is 1. The van der Waals surface area contributed by atoms with Gasteiger partial charge in [0.25, 0.3) is 5.56 Å². The van der Waals surface area contributed by atoms with Gasteiger partial charge in [0.2, 0.25) is 0 Å². The molecule has 9 nitrogen and oxygen atoms in total. The first-order valence-electron chi connectivity index (χ1n) is 10.9. The molecule has 0 radical (unpaired) electrons. The number of thiocarbonyl (C=S) groups is 1. The highest BCUT2D eigenvalue weighted by atomic mass is 35.5. The van der Waals surface area contributed by atoms with Gasteiger partial charge in [-0.25, -0.2) is 0 Å². The molecule has 3 aromatic rings. The van der Waals surface area contributed by atoms with Gasteiger partial charge in [-0.15, -0.1) is 0 Å². The van der Waals surface area contributed by atoms with Crippen molar-refractivity contribution in [1.29, 1.82) is 5.26 Å². The lowest BCUT2D eigenvalue weighted by Gasteiger charge is -2.37. The first kappa shape index (κ1) is 25.6. The molecule has 0 spiro atoms. The van der Waals surface area contributed by atoms with Gasteiger partial charge in [0.05, 0.1) is 43.0 Å². The number of methoxy groups -OCH3 is 2. The summed E-state index contributed by atoms with van der Waals surface area (Å²) in [7, 11) is 3.04. The number of anilines is 2. The lowest BCUT2D eigenvalue weighted by Crippen LogP contribution is -2.50. The summed E-state index contributed by atoms with van der Waals surface area (Å²) in [6.45, 7) is 2.30. The Morgan fingerprint density at radius 1 is 1.11 bits per heavy atom. The average molecular weight is 545 g/mol. The van der Waals surface area contributed by atoms with Gasteiger partial charge in [-0.1, -0.05) is 29.3 Å². The zero-order valence-electron chi connectivity index (χ0n) is 19.5. The standard InChI is InChI=1S/C24H22Cl2N6O3S/c1-34-20-10-15(13-27)18(12-21(20)35-2)29-24(36)31-8-6-30(7-9-31)19-14-28-32(23(33)22(19)26)17-5-3-4-16(25)11-17/h3-5,10-12,14H,6-9H2,1-2H3,(H,29,36). The molecule has 0 aliphatic carbocycles. The van der Waals surface area contributed by atoms with Crippen molar-refractivity contribution in [2.24, 2.45) is 0 Å². The van der Waals surface area contributed by atoms with Crippen LogP contribution in [0, 0.1) is 11.3 Å². The Bertz CT molecular complexity index is 1400. The molecule has 1 fully saturated rings. The van der Waals surface area contributed by atoms with Crippen LogP contribution >= 0.6 is 35.4 Å². The molecule has 4 rings (SSSR count). The van der Waals surface area contributed by atoms with E-state index in [2.05, 4.69) is 16.5 Å². The minimum atomic E-state index is -0.423. The summed E-state index contributed by atoms with van der Waals surface area (Å²) in [5.41, 5.74) is 1.58. The van der Waals surface area contributed by atoms with Gasteiger partial charge in [0.15, 0.2) is 16.6 Å². The van der Waals surface area contributed by atoms with Gasteiger partial charge in [-0.05, 0) is 30.4 Å². The lowest BCUT2D eigenvalue weighted by atomic mass is 10.1. The maximum absolute atomic E-state index is 12.9. The van der Waals surface area contributed by atoms with E-state index in [1.807, 2.05) is 9.80 Å². The van der Waals surface area contributed by atoms with E-state index in [9.17, 15) is 10.1 Å². The van der Waals surface area contributed by atoms with Gasteiger partial charge in [-0.3, -0.25) is 4.79 Å². The van der Waals surface area contributed by atoms with Crippen molar-refractivity contribution in [3.05, 3.63) is 68.6 Å². The molecule has 1 aromatic heterocycles. The number of aromatic nitrogens is 2. The van der Waals surface area contributed by atoms with Gasteiger partial charge in [0, 0.05) is 43.3 Å². The number of hydrogen-bond acceptors (Lipinski definition) is 7. The monoisotopic (exact) mass is 544 g/mol. The van der Waals surface area contributed by atoms with E-state index in [1.165, 1.54) is 18.9 Å². The predicted octanol–water partition coefficient (Wildman–Crippen LogP) is 3.95. The van der Waals surface area contributed by atoms with Crippen molar-refractivity contribution < 1.29 is 9.47 Å². The van der Waals surface area contributed by atoms with Gasteiger partial charge in [0.1, 0.15) is 11.1 Å². The molecular formula is C24H22Cl2N6O3S. The summed E-state index contributed by atoms with van der Waals surface area (Å²) in [6, 6.07) is 12.3. The molecule has 2 heterocycles. The normalized spacial score (nSPS) is 13.2. The van der Waals surface area contributed by atoms with Crippen LogP contribution in [0.15, 0.2) is 47.4 Å². The second-order valence-electron chi connectivity index (χ2n) is 7.81. The largest absolute Gasteiger partial charge is 0.493 e. The fraction of sp³-hybridized carbons (Fsp3) is 0.250. The van der Waals surface area contributed by atoms with Gasteiger partial charge in [-0.2, -0.15) is 15.0 Å². The third-order valence-corrected chi connectivity index (χ3v) is 6.70. The molecule has 12 heteroatoms. The molecule has 36 heavy (non-hydrogen) atoms. The quantitative estimate of drug-likeness (QED) is 0.479. The molecule has 0 saturated carbocycles. The summed E-state index contributed by atoms with van der Waals surface area (Å²) in [6.07, 6.45) is 1.58. The van der Waals surface area contributed by atoms with E-state index in [0.717, 1.165) is 0 Å². The van der Waals surface area contributed by atoms with E-state index in [4.69, 9.17) is 44.9 Å². The number of nitrogens with zero attached hydrogens (tertiary/aromatic N) is 5. The molecule has 1 aliphatic heterocycles. The van der Waals surface area contributed by atoms with Gasteiger partial charge < -0.3 is 24.6 Å². The van der Waals surface area contributed by atoms with E-state index in [0.29, 0.717) is 70.4 Å². The topological polar surface area (TPSA) is 95.6 Å². The third-order valence-electron chi connectivity index (χ3n) is 5.75. The van der Waals surface area contributed by atoms with E-state index < -0.39 is 5.56 Å². The van der Waals surface area contributed by atoms with Crippen molar-refractivity contribution in [2.75, 3.05) is 50.6 Å². The molecule has 2 aromatic carbocycles. The predicted molar refractivity (Wildman–Crippen MR) is 144 cm³/mol. The van der Waals surface area contributed by atoms with Crippen LogP contribution in [0.2, 0.25) is 10.0 Å². The number of rotatable bonds is 5. The van der Waals surface area contributed by atoms with Crippen LogP contribution in [0.3, 0.4) is 0 Å². The molecule has 0 amide bonds. The number of halogens is 2. The Labute approximate surface area is 223 Å². The summed E-state index contributed by atoms with van der Waals surface area (Å²) >= 11 is 18.1. The number of benzene rings is 2. The lowest BCUT2D eigenvalue weighted by molar-refractivity contribution is 0.355. The zero-order chi connectivity index (χ0) is 25.8. The summed E-state index contributed by atoms with van der Waals surface area (Å²) < 4.78 is 11.8. The molecule has 186 valence electrons. The van der Waals surface area contributed by atoms with Crippen LogP contribution in [0.4, 0.5) is 11.4 Å². The Balaban J connectivity index is 1.46. The minimum absolute atomic E-state index is 0.0862. The van der Waals surface area contributed by atoms with E-state index in [-0.39, 0.29) is 5.02 Å². The highest BCUT2D eigenvalue weighted by molar-refractivity contribution is 7.80. The summed E-state index contributed by atoms with van der Waals surface area (Å²) in [4.78, 5) is 16.9. The van der Waals surface area contributed by atoms with Crippen molar-refractivity contribution >= 4 is 51.9 Å². The fourth-order valence-corrected chi connectivity index (χ4v) is 4.58. The number of nitriles is 1. The molecule has 1 saturated heterocycles. The Kier molecular flexibility index (Phi) is 7.84. The maximum atomic E-state index is 12.9. The smallest absolute Gasteiger partial charge is 0.292 e. The van der Waals surface area contributed by atoms with Crippen molar-refractivity contribution in [3.8, 4) is 23.3 Å². The summed E-state index contributed by atoms with van der Waals surface area (Å²) in [5, 5.41) is 18.0. The number of ether oxygens (including phenoxy) is 2. The van der Waals surface area contributed by atoms with Crippen LogP contribution in [-0.2, 0) is 0 Å². The van der Waals surface area contributed by atoms with Crippen molar-refractivity contribution in [2.45, 2.75) is 0 Å². The van der Waals surface area contributed by atoms with Crippen LogP contribution in [-0.4, -0.2) is 60.2 Å². The first-order chi connectivity index (χ1) is 17.4.